The van der Waals surface area contributed by atoms with E-state index < -0.39 is 0 Å². The van der Waals surface area contributed by atoms with Crippen LogP contribution >= 0.6 is 0 Å². The molecule has 0 aromatic heterocycles. The first kappa shape index (κ1) is 33.6. The lowest BCUT2D eigenvalue weighted by Crippen LogP contribution is -2.46. The summed E-state index contributed by atoms with van der Waals surface area (Å²) in [5.41, 5.74) is 7.15. The van der Waals surface area contributed by atoms with Gasteiger partial charge in [0, 0.05) is 129 Å². The van der Waals surface area contributed by atoms with Crippen LogP contribution in [0, 0.1) is 0 Å². The Morgan fingerprint density at radius 1 is 0.489 bits per heavy atom. The van der Waals surface area contributed by atoms with Crippen LogP contribution in [-0.2, 0) is 35.5 Å². The van der Waals surface area contributed by atoms with Crippen LogP contribution in [0.2, 0.25) is 0 Å². The average molecular weight is 647 g/mol. The summed E-state index contributed by atoms with van der Waals surface area (Å²) in [6.07, 6.45) is 0.823. The number of benzene rings is 2. The minimum atomic E-state index is 0.181. The Morgan fingerprint density at radius 3 is 1.45 bits per heavy atom. The molecule has 4 aliphatic rings. The van der Waals surface area contributed by atoms with Gasteiger partial charge < -0.3 is 51.5 Å². The predicted octanol–water partition coefficient (Wildman–Crippen LogP) is -0.709. The van der Waals surface area contributed by atoms with Crippen molar-refractivity contribution in [2.45, 2.75) is 25.9 Å². The lowest BCUT2D eigenvalue weighted by Gasteiger charge is -2.45. The summed E-state index contributed by atoms with van der Waals surface area (Å²) in [5.74, 6) is 0.362. The molecule has 0 unspecified atom stereocenters. The van der Waals surface area contributed by atoms with Gasteiger partial charge in [0.25, 0.3) is 0 Å². The van der Waals surface area contributed by atoms with Gasteiger partial charge in [-0.2, -0.15) is 0 Å². The summed E-state index contributed by atoms with van der Waals surface area (Å²) < 4.78 is 0. The molecule has 6 N–H and O–H groups in total. The van der Waals surface area contributed by atoms with E-state index in [4.69, 9.17) is 0 Å². The Kier molecular flexibility index (Phi) is 12.3. The number of hydrogen-bond acceptors (Lipinski definition) is 10. The zero-order valence-electron chi connectivity index (χ0n) is 27.9. The van der Waals surface area contributed by atoms with Gasteiger partial charge >= 0.3 is 0 Å². The number of hydrogen-bond donors (Lipinski definition) is 6. The highest BCUT2D eigenvalue weighted by Crippen LogP contribution is 2.38. The van der Waals surface area contributed by atoms with E-state index in [1.807, 2.05) is 9.80 Å². The molecule has 2 aromatic carbocycles. The molecule has 6 rings (SSSR count). The zero-order valence-corrected chi connectivity index (χ0v) is 27.9. The minimum Gasteiger partial charge on any atom is -0.349 e. The van der Waals surface area contributed by atoms with Crippen LogP contribution in [-0.4, -0.2) is 133 Å². The fourth-order valence-electron chi connectivity index (χ4n) is 6.98. The Bertz CT molecular complexity index is 1320. The Hall–Kier alpha value is -3.26. The van der Waals surface area contributed by atoms with Gasteiger partial charge in [0.05, 0.1) is 19.5 Å². The molecule has 12 heteroatoms. The van der Waals surface area contributed by atoms with Crippen LogP contribution < -0.4 is 41.7 Å². The molecule has 0 aliphatic carbocycles. The lowest BCUT2D eigenvalue weighted by molar-refractivity contribution is -0.131. The van der Waals surface area contributed by atoms with Gasteiger partial charge in [0.15, 0.2) is 0 Å². The highest BCUT2D eigenvalue weighted by atomic mass is 16.2. The third-order valence-electron chi connectivity index (χ3n) is 9.60. The van der Waals surface area contributed by atoms with Crippen molar-refractivity contribution in [3.63, 3.8) is 0 Å². The van der Waals surface area contributed by atoms with E-state index in [1.54, 1.807) is 0 Å². The third-order valence-corrected chi connectivity index (χ3v) is 9.60. The van der Waals surface area contributed by atoms with Crippen LogP contribution in [0.5, 0.6) is 0 Å². The van der Waals surface area contributed by atoms with Gasteiger partial charge in [-0.25, -0.2) is 0 Å². The van der Waals surface area contributed by atoms with E-state index in [2.05, 4.69) is 78.1 Å². The summed E-state index contributed by atoms with van der Waals surface area (Å²) >= 11 is 0. The van der Waals surface area contributed by atoms with Crippen LogP contribution in [0.3, 0.4) is 0 Å². The number of carbonyl (C=O) groups excluding carboxylic acids is 2. The number of rotatable bonds is 4. The van der Waals surface area contributed by atoms with Crippen LogP contribution in [0.25, 0.3) is 0 Å². The van der Waals surface area contributed by atoms with Crippen molar-refractivity contribution in [1.29, 1.82) is 0 Å². The van der Waals surface area contributed by atoms with Crippen LogP contribution in [0.1, 0.15) is 22.3 Å². The molecule has 2 aromatic rings. The molecule has 2 saturated heterocycles. The number of nitrogens with zero attached hydrogens (tertiary/aromatic N) is 4. The molecular weight excluding hydrogens is 592 g/mol. The first-order valence-corrected chi connectivity index (χ1v) is 17.7. The summed E-state index contributed by atoms with van der Waals surface area (Å²) in [4.78, 5) is 35.7. The van der Waals surface area contributed by atoms with Crippen molar-refractivity contribution in [2.75, 3.05) is 121 Å². The number of amides is 2. The summed E-state index contributed by atoms with van der Waals surface area (Å²) in [6, 6.07) is 13.1. The molecule has 12 nitrogen and oxygen atoms in total. The van der Waals surface area contributed by atoms with Gasteiger partial charge in [-0.15, -0.1) is 0 Å². The van der Waals surface area contributed by atoms with Gasteiger partial charge in [0.2, 0.25) is 11.8 Å². The molecule has 4 aliphatic heterocycles. The van der Waals surface area contributed by atoms with Gasteiger partial charge in [-0.3, -0.25) is 9.59 Å². The fraction of sp³-hybridized carbons (Fsp3) is 0.600. The maximum Gasteiger partial charge on any atom is 0.227 e. The highest BCUT2D eigenvalue weighted by molar-refractivity contribution is 5.80. The second-order valence-electron chi connectivity index (χ2n) is 13.1. The largest absolute Gasteiger partial charge is 0.349 e. The molecule has 0 saturated carbocycles. The SMILES string of the molecule is O=C(Cc1ccc2c(c1)CN1CN2Cc2ccc(CC(=O)N3CCNCCNCCNCC3)cc21)N1CCNCCNCCNCC1. The number of carbonyl (C=O) groups is 2. The number of anilines is 2. The average Bonchev–Trinajstić information content (AvgIpc) is 3.05. The van der Waals surface area contributed by atoms with E-state index in [-0.39, 0.29) is 11.8 Å². The molecule has 0 spiro atoms. The number of nitrogens with one attached hydrogen (secondary N) is 6. The van der Waals surface area contributed by atoms with E-state index in [0.29, 0.717) is 12.8 Å². The Balaban J connectivity index is 1.08. The number of fused-ring (bicyclic) bond motifs is 6. The molecular formula is C35H54N10O2. The van der Waals surface area contributed by atoms with Crippen LogP contribution in [0.15, 0.2) is 36.4 Å². The van der Waals surface area contributed by atoms with Crippen molar-refractivity contribution in [3.05, 3.63) is 58.7 Å². The van der Waals surface area contributed by atoms with Crippen molar-refractivity contribution in [3.8, 4) is 0 Å². The monoisotopic (exact) mass is 646 g/mol. The summed E-state index contributed by atoms with van der Waals surface area (Å²) in [5, 5.41) is 20.6. The molecule has 0 radical (unpaired) electrons. The topological polar surface area (TPSA) is 119 Å². The van der Waals surface area contributed by atoms with Crippen molar-refractivity contribution in [1.82, 2.24) is 41.7 Å². The Morgan fingerprint density at radius 2 is 0.915 bits per heavy atom. The molecule has 2 amide bonds. The zero-order chi connectivity index (χ0) is 32.3. The van der Waals surface area contributed by atoms with E-state index >= 15 is 0 Å². The first-order chi connectivity index (χ1) is 23.1. The van der Waals surface area contributed by atoms with E-state index in [1.165, 1.54) is 22.5 Å². The minimum absolute atomic E-state index is 0.181. The predicted molar refractivity (Wildman–Crippen MR) is 188 cm³/mol. The van der Waals surface area contributed by atoms with Gasteiger partial charge in [-0.1, -0.05) is 24.3 Å². The Labute approximate surface area is 280 Å². The van der Waals surface area contributed by atoms with Gasteiger partial charge in [-0.05, 0) is 34.4 Å². The molecule has 4 heterocycles. The molecule has 2 bridgehead atoms. The second-order valence-corrected chi connectivity index (χ2v) is 13.1. The quantitative estimate of drug-likeness (QED) is 0.255. The van der Waals surface area contributed by atoms with Gasteiger partial charge in [0.1, 0.15) is 0 Å². The maximum atomic E-state index is 13.5. The van der Waals surface area contributed by atoms with Crippen molar-refractivity contribution in [2.24, 2.45) is 0 Å². The first-order valence-electron chi connectivity index (χ1n) is 17.7. The smallest absolute Gasteiger partial charge is 0.227 e. The maximum absolute atomic E-state index is 13.5. The van der Waals surface area contributed by atoms with Crippen LogP contribution in [0.4, 0.5) is 11.4 Å². The van der Waals surface area contributed by atoms with E-state index in [0.717, 1.165) is 136 Å². The molecule has 256 valence electrons. The van der Waals surface area contributed by atoms with E-state index in [9.17, 15) is 9.59 Å². The standard InChI is InChI=1S/C35H54N10O2/c46-34(42-17-13-38-9-5-36-6-10-39-14-18-42)23-28-2-4-32-31(21-28)26-45-27-44(32)25-30-3-1-29(22-33(30)45)24-35(47)43-19-15-40-11-7-37-8-12-41-16-20-43/h1-4,21-22,36-41H,5-20,23-27H2. The molecule has 47 heavy (non-hydrogen) atoms. The molecule has 2 fully saturated rings. The van der Waals surface area contributed by atoms with Crippen molar-refractivity contribution < 1.29 is 9.59 Å². The normalized spacial score (nSPS) is 20.5. The molecule has 0 atom stereocenters. The third kappa shape index (κ3) is 9.43. The second kappa shape index (κ2) is 17.2. The lowest BCUT2D eigenvalue weighted by atomic mass is 9.97. The fourth-order valence-corrected chi connectivity index (χ4v) is 6.98. The highest BCUT2D eigenvalue weighted by Gasteiger charge is 2.30. The summed E-state index contributed by atoms with van der Waals surface area (Å²) in [7, 11) is 0. The summed E-state index contributed by atoms with van der Waals surface area (Å²) in [6.45, 7) is 16.0. The van der Waals surface area contributed by atoms with Crippen molar-refractivity contribution >= 4 is 23.2 Å².